The van der Waals surface area contributed by atoms with E-state index in [1.54, 1.807) is 6.07 Å². The van der Waals surface area contributed by atoms with Gasteiger partial charge in [0.05, 0.1) is 6.54 Å². The number of carbonyl (C=O) groups is 1. The van der Waals surface area contributed by atoms with Crippen molar-refractivity contribution in [2.75, 3.05) is 19.9 Å². The number of hydrogen-bond donors (Lipinski definition) is 0. The Morgan fingerprint density at radius 2 is 2.14 bits per heavy atom. The summed E-state index contributed by atoms with van der Waals surface area (Å²) in [5.74, 6) is 1.51. The monoisotopic (exact) mass is 301 g/mol. The van der Waals surface area contributed by atoms with Crippen LogP contribution in [0.25, 0.3) is 0 Å². The molecule has 4 rings (SSSR count). The van der Waals surface area contributed by atoms with Gasteiger partial charge in [-0.3, -0.25) is 9.69 Å². The number of nitrogens with zero attached hydrogens (tertiary/aromatic N) is 1. The lowest BCUT2D eigenvalue weighted by atomic mass is 10.1. The number of ether oxygens (including phenoxy) is 2. The number of carbonyl (C=O) groups excluding carboxylic acids is 1. The lowest BCUT2D eigenvalue weighted by Crippen LogP contribution is -2.34. The van der Waals surface area contributed by atoms with Gasteiger partial charge >= 0.3 is 0 Å². The third-order valence-corrected chi connectivity index (χ3v) is 4.97. The quantitative estimate of drug-likeness (QED) is 0.817. The van der Waals surface area contributed by atoms with Crippen molar-refractivity contribution >= 4 is 17.1 Å². The zero-order valence-corrected chi connectivity index (χ0v) is 12.3. The molecule has 5 heteroatoms. The molecule has 2 aliphatic heterocycles. The van der Waals surface area contributed by atoms with Crippen molar-refractivity contribution in [3.05, 3.63) is 45.6 Å². The molecule has 2 aromatic rings. The Balaban J connectivity index is 1.47. The molecule has 1 aromatic heterocycles. The van der Waals surface area contributed by atoms with E-state index in [2.05, 4.69) is 16.3 Å². The number of ketones is 1. The minimum absolute atomic E-state index is 0.131. The van der Waals surface area contributed by atoms with Crippen LogP contribution in [0.5, 0.6) is 11.5 Å². The molecule has 0 aliphatic carbocycles. The molecule has 0 saturated carbocycles. The van der Waals surface area contributed by atoms with Crippen molar-refractivity contribution < 1.29 is 14.3 Å². The van der Waals surface area contributed by atoms with Gasteiger partial charge in [-0.1, -0.05) is 0 Å². The second kappa shape index (κ2) is 5.16. The van der Waals surface area contributed by atoms with E-state index in [1.165, 1.54) is 10.4 Å². The van der Waals surface area contributed by atoms with Crippen LogP contribution >= 0.6 is 11.3 Å². The highest BCUT2D eigenvalue weighted by Gasteiger charge is 2.21. The van der Waals surface area contributed by atoms with Crippen LogP contribution in [0.3, 0.4) is 0 Å². The third-order valence-electron chi connectivity index (χ3n) is 3.95. The zero-order valence-electron chi connectivity index (χ0n) is 11.5. The highest BCUT2D eigenvalue weighted by atomic mass is 32.1. The molecule has 2 aliphatic rings. The van der Waals surface area contributed by atoms with Crippen LogP contribution in [0.1, 0.15) is 20.8 Å². The number of hydrogen-bond acceptors (Lipinski definition) is 5. The van der Waals surface area contributed by atoms with Crippen molar-refractivity contribution in [1.82, 2.24) is 4.90 Å². The fraction of sp³-hybridized carbons (Fsp3) is 0.312. The van der Waals surface area contributed by atoms with E-state index in [-0.39, 0.29) is 12.6 Å². The first kappa shape index (κ1) is 12.9. The maximum Gasteiger partial charge on any atom is 0.231 e. The number of fused-ring (bicyclic) bond motifs is 2. The van der Waals surface area contributed by atoms with Crippen LogP contribution in [0.15, 0.2) is 29.6 Å². The summed E-state index contributed by atoms with van der Waals surface area (Å²) < 4.78 is 10.6. The lowest BCUT2D eigenvalue weighted by molar-refractivity contribution is 0.0921. The first-order valence-electron chi connectivity index (χ1n) is 7.00. The molecule has 21 heavy (non-hydrogen) atoms. The standard InChI is InChI=1S/C16H15NO3S/c18-13(11-1-2-14-15(7-11)20-10-19-14)9-17-5-3-16-12(8-17)4-6-21-16/h1-2,4,6-7H,3,5,8-10H2. The SMILES string of the molecule is O=C(CN1CCc2sccc2C1)c1ccc2c(c1)OCO2. The highest BCUT2D eigenvalue weighted by Crippen LogP contribution is 2.32. The van der Waals surface area contributed by atoms with Crippen molar-refractivity contribution in [1.29, 1.82) is 0 Å². The Morgan fingerprint density at radius 1 is 1.24 bits per heavy atom. The van der Waals surface area contributed by atoms with Gasteiger partial charge < -0.3 is 9.47 Å². The van der Waals surface area contributed by atoms with E-state index in [0.29, 0.717) is 23.6 Å². The molecule has 4 nitrogen and oxygen atoms in total. The molecule has 0 radical (unpaired) electrons. The zero-order chi connectivity index (χ0) is 14.2. The van der Waals surface area contributed by atoms with E-state index in [4.69, 9.17) is 9.47 Å². The van der Waals surface area contributed by atoms with Crippen LogP contribution in [0, 0.1) is 0 Å². The van der Waals surface area contributed by atoms with Crippen LogP contribution in [0.4, 0.5) is 0 Å². The van der Waals surface area contributed by atoms with Gasteiger partial charge in [0.15, 0.2) is 17.3 Å². The summed E-state index contributed by atoms with van der Waals surface area (Å²) in [4.78, 5) is 16.1. The summed E-state index contributed by atoms with van der Waals surface area (Å²) in [6, 6.07) is 7.57. The number of thiophene rings is 1. The predicted octanol–water partition coefficient (Wildman–Crippen LogP) is 2.72. The Kier molecular flexibility index (Phi) is 3.16. The van der Waals surface area contributed by atoms with Crippen LogP contribution in [-0.2, 0) is 13.0 Å². The van der Waals surface area contributed by atoms with Gasteiger partial charge in [-0.05, 0) is 41.6 Å². The minimum atomic E-state index is 0.131. The van der Waals surface area contributed by atoms with Gasteiger partial charge in [0.1, 0.15) is 0 Å². The number of Topliss-reactive ketones (excluding diaryl/α,β-unsaturated/α-hetero) is 1. The third kappa shape index (κ3) is 2.43. The lowest BCUT2D eigenvalue weighted by Gasteiger charge is -2.26. The number of benzene rings is 1. The Bertz CT molecular complexity index is 695. The molecule has 0 bridgehead atoms. The molecule has 1 aromatic carbocycles. The van der Waals surface area contributed by atoms with Crippen molar-refractivity contribution in [2.45, 2.75) is 13.0 Å². The summed E-state index contributed by atoms with van der Waals surface area (Å²) >= 11 is 1.81. The molecule has 3 heterocycles. The average Bonchev–Trinajstić information content (AvgIpc) is 3.14. The van der Waals surface area contributed by atoms with E-state index < -0.39 is 0 Å². The second-order valence-electron chi connectivity index (χ2n) is 5.32. The summed E-state index contributed by atoms with van der Waals surface area (Å²) in [5.41, 5.74) is 2.06. The molecule has 0 unspecified atom stereocenters. The molecular formula is C16H15NO3S. The first-order chi connectivity index (χ1) is 10.3. The van der Waals surface area contributed by atoms with Gasteiger partial charge in [-0.15, -0.1) is 11.3 Å². The highest BCUT2D eigenvalue weighted by molar-refractivity contribution is 7.10. The summed E-state index contributed by atoms with van der Waals surface area (Å²) in [7, 11) is 0. The van der Waals surface area contributed by atoms with E-state index in [0.717, 1.165) is 19.5 Å². The van der Waals surface area contributed by atoms with Gasteiger partial charge in [0, 0.05) is 23.5 Å². The Hall–Kier alpha value is -1.85. The smallest absolute Gasteiger partial charge is 0.231 e. The van der Waals surface area contributed by atoms with Crippen molar-refractivity contribution in [3.8, 4) is 11.5 Å². The molecule has 0 N–H and O–H groups in total. The molecule has 0 spiro atoms. The summed E-state index contributed by atoms with van der Waals surface area (Å²) in [6.45, 7) is 2.51. The van der Waals surface area contributed by atoms with Crippen LogP contribution in [-0.4, -0.2) is 30.6 Å². The molecule has 108 valence electrons. The second-order valence-corrected chi connectivity index (χ2v) is 6.32. The molecule has 0 atom stereocenters. The minimum Gasteiger partial charge on any atom is -0.454 e. The van der Waals surface area contributed by atoms with Gasteiger partial charge in [0.2, 0.25) is 6.79 Å². The average molecular weight is 301 g/mol. The summed E-state index contributed by atoms with van der Waals surface area (Å²) in [5, 5.41) is 2.13. The topological polar surface area (TPSA) is 38.8 Å². The van der Waals surface area contributed by atoms with Crippen molar-refractivity contribution in [2.24, 2.45) is 0 Å². The van der Waals surface area contributed by atoms with E-state index in [9.17, 15) is 4.79 Å². The maximum absolute atomic E-state index is 12.4. The fourth-order valence-electron chi connectivity index (χ4n) is 2.81. The first-order valence-corrected chi connectivity index (χ1v) is 7.88. The van der Waals surface area contributed by atoms with Crippen LogP contribution < -0.4 is 9.47 Å². The largest absolute Gasteiger partial charge is 0.454 e. The molecular weight excluding hydrogens is 286 g/mol. The molecule has 0 fully saturated rings. The Morgan fingerprint density at radius 3 is 3.10 bits per heavy atom. The predicted molar refractivity (Wildman–Crippen MR) is 80.2 cm³/mol. The Labute approximate surface area is 126 Å². The summed E-state index contributed by atoms with van der Waals surface area (Å²) in [6.07, 6.45) is 1.04. The maximum atomic E-state index is 12.4. The normalized spacial score (nSPS) is 16.8. The molecule has 0 amide bonds. The van der Waals surface area contributed by atoms with Gasteiger partial charge in [-0.2, -0.15) is 0 Å². The van der Waals surface area contributed by atoms with E-state index in [1.807, 2.05) is 23.5 Å². The van der Waals surface area contributed by atoms with Crippen LogP contribution in [0.2, 0.25) is 0 Å². The van der Waals surface area contributed by atoms with Crippen molar-refractivity contribution in [3.63, 3.8) is 0 Å². The number of rotatable bonds is 3. The fourth-order valence-corrected chi connectivity index (χ4v) is 3.70. The van der Waals surface area contributed by atoms with Gasteiger partial charge in [-0.25, -0.2) is 0 Å². The molecule has 0 saturated heterocycles. The van der Waals surface area contributed by atoms with Gasteiger partial charge in [0.25, 0.3) is 0 Å². The van der Waals surface area contributed by atoms with E-state index >= 15 is 0 Å².